The average Bonchev–Trinajstić information content (AvgIpc) is 4.27. The molecule has 0 atom stereocenters. The van der Waals surface area contributed by atoms with Gasteiger partial charge in [-0.2, -0.15) is 18.2 Å². The van der Waals surface area contributed by atoms with Crippen LogP contribution in [-0.4, -0.2) is 18.7 Å². The molecular weight excluding hydrogens is 1150 g/mol. The fraction of sp³-hybridized carbons (Fsp3) is 0.167. The number of nitrogens with zero attached hydrogens (tertiary/aromatic N) is 5. The third kappa shape index (κ3) is 9.36. The van der Waals surface area contributed by atoms with E-state index in [2.05, 4.69) is 274 Å². The number of fused-ring (bicyclic) bond motifs is 7. The van der Waals surface area contributed by atoms with E-state index in [9.17, 15) is 0 Å². The summed E-state index contributed by atoms with van der Waals surface area (Å²) in [5.41, 5.74) is 17.5. The van der Waals surface area contributed by atoms with Gasteiger partial charge in [-0.05, 0) is 116 Å². The number of hydrogen-bond acceptors (Lipinski definition) is 2. The van der Waals surface area contributed by atoms with E-state index in [1.807, 2.05) is 24.4 Å². The summed E-state index contributed by atoms with van der Waals surface area (Å²) in [6.07, 6.45) is 6.75. The quantitative estimate of drug-likeness (QED) is 0.101. The van der Waals surface area contributed by atoms with E-state index >= 15 is 0 Å². The van der Waals surface area contributed by atoms with Crippen molar-refractivity contribution in [1.29, 1.82) is 0 Å². The van der Waals surface area contributed by atoms with Gasteiger partial charge in [0.2, 0.25) is 0 Å². The summed E-state index contributed by atoms with van der Waals surface area (Å²) in [5, 5.41) is 4.63. The van der Waals surface area contributed by atoms with Gasteiger partial charge in [-0.15, -0.1) is 29.7 Å². The zero-order valence-corrected chi connectivity index (χ0v) is 48.1. The van der Waals surface area contributed by atoms with Crippen molar-refractivity contribution in [3.63, 3.8) is 0 Å². The van der Waals surface area contributed by atoms with Crippen molar-refractivity contribution >= 4 is 54.6 Å². The number of ether oxygens (including phenoxy) is 1. The summed E-state index contributed by atoms with van der Waals surface area (Å²) in [7, 11) is 0. The minimum absolute atomic E-state index is 0. The SMILES string of the molecule is CC(C)Cc1ccnc(-n2c3[c-]c(Oc4[c-]c(-n5[c-][n+](-c6c(-c7ccccc7)cccc6-c6cc(C(C)(C)C)cc(C(C)(C)C)c6)c6ccccc65)ccc4)ccc3c3cc(-n4c5ccccc5c5ccccc54)ccc32)c1.[Pt]. The molecule has 0 spiro atoms. The molecule has 79 heavy (non-hydrogen) atoms. The molecular formula is C72H61N5OPt-2. The zero-order chi connectivity index (χ0) is 53.5. The third-order valence-corrected chi connectivity index (χ3v) is 15.3. The molecule has 0 unspecified atom stereocenters. The molecule has 0 bridgehead atoms. The maximum atomic E-state index is 6.84. The Hall–Kier alpha value is -8.31. The van der Waals surface area contributed by atoms with Crippen LogP contribution in [0.25, 0.3) is 99.8 Å². The van der Waals surface area contributed by atoms with Gasteiger partial charge < -0.3 is 18.4 Å². The predicted molar refractivity (Wildman–Crippen MR) is 321 cm³/mol. The van der Waals surface area contributed by atoms with Gasteiger partial charge in [0.15, 0.2) is 0 Å². The van der Waals surface area contributed by atoms with Crippen LogP contribution in [0.2, 0.25) is 0 Å². The fourth-order valence-corrected chi connectivity index (χ4v) is 11.4. The third-order valence-electron chi connectivity index (χ3n) is 15.3. The Kier molecular flexibility index (Phi) is 13.1. The van der Waals surface area contributed by atoms with E-state index in [0.717, 1.165) is 78.8 Å². The second-order valence-electron chi connectivity index (χ2n) is 23.2. The standard InChI is InChI=1S/C72H61N5O.Pt/c1-47(2)38-48-36-37-73-69(39-48)77-65-35-32-54(76-63-28-14-12-24-59(63)60-25-13-15-29-64(60)76)44-62(65)61-34-33-56(45-68(61)77)78-55-23-18-22-53(43-55)74-46-75(67-31-17-16-30-66(67)74)70-57(49-20-10-9-11-21-49)26-19-27-58(70)50-40-51(71(3,4)5)42-52(41-50)72(6,7)8;/h9-37,39-42,44,47H,38H2,1-8H3;/q-2;. The van der Waals surface area contributed by atoms with Gasteiger partial charge in [-0.1, -0.05) is 188 Å². The number of pyridine rings is 1. The summed E-state index contributed by atoms with van der Waals surface area (Å²) in [6.45, 7) is 18.3. The van der Waals surface area contributed by atoms with Crippen molar-refractivity contribution in [2.75, 3.05) is 0 Å². The topological polar surface area (TPSA) is 40.8 Å². The number of imidazole rings is 1. The van der Waals surface area contributed by atoms with Gasteiger partial charge in [0.05, 0.1) is 27.8 Å². The molecule has 0 N–H and O–H groups in total. The molecule has 9 aromatic carbocycles. The molecule has 4 heterocycles. The van der Waals surface area contributed by atoms with Crippen LogP contribution in [0, 0.1) is 24.4 Å². The van der Waals surface area contributed by atoms with Crippen LogP contribution < -0.4 is 9.30 Å². The van der Waals surface area contributed by atoms with Gasteiger partial charge in [0.25, 0.3) is 6.33 Å². The molecule has 0 aliphatic heterocycles. The molecule has 13 rings (SSSR count). The number of para-hydroxylation sites is 5. The molecule has 6 nitrogen and oxygen atoms in total. The van der Waals surface area contributed by atoms with Gasteiger partial charge in [-0.25, -0.2) is 4.98 Å². The first-order valence-electron chi connectivity index (χ1n) is 27.2. The van der Waals surface area contributed by atoms with Crippen molar-refractivity contribution < 1.29 is 30.4 Å². The van der Waals surface area contributed by atoms with Gasteiger partial charge in [0.1, 0.15) is 5.82 Å². The van der Waals surface area contributed by atoms with Crippen molar-refractivity contribution in [3.8, 4) is 56.6 Å². The summed E-state index contributed by atoms with van der Waals surface area (Å²) in [6, 6.07) is 79.2. The summed E-state index contributed by atoms with van der Waals surface area (Å²) in [4.78, 5) is 5.01. The van der Waals surface area contributed by atoms with Gasteiger partial charge >= 0.3 is 0 Å². The molecule has 7 heteroatoms. The van der Waals surface area contributed by atoms with E-state index in [-0.39, 0.29) is 31.9 Å². The molecule has 0 saturated carbocycles. The average molecular weight is 1210 g/mol. The summed E-state index contributed by atoms with van der Waals surface area (Å²) < 4.78 is 15.8. The Morgan fingerprint density at radius 1 is 0.519 bits per heavy atom. The fourth-order valence-electron chi connectivity index (χ4n) is 11.4. The first-order chi connectivity index (χ1) is 37.7. The van der Waals surface area contributed by atoms with Crippen molar-refractivity contribution in [3.05, 3.63) is 242 Å². The van der Waals surface area contributed by atoms with Crippen LogP contribution in [0.4, 0.5) is 0 Å². The Morgan fingerprint density at radius 3 is 1.84 bits per heavy atom. The largest absolute Gasteiger partial charge is 0.510 e. The monoisotopic (exact) mass is 1210 g/mol. The summed E-state index contributed by atoms with van der Waals surface area (Å²) >= 11 is 0. The molecule has 13 aromatic rings. The second kappa shape index (κ2) is 20.2. The van der Waals surface area contributed by atoms with E-state index < -0.39 is 0 Å². The van der Waals surface area contributed by atoms with Crippen LogP contribution >= 0.6 is 0 Å². The van der Waals surface area contributed by atoms with Crippen LogP contribution in [0.1, 0.15) is 72.1 Å². The smallest absolute Gasteiger partial charge is 0.268 e. The first kappa shape index (κ1) is 51.4. The number of benzene rings is 9. The molecule has 0 saturated heterocycles. The number of aromatic nitrogens is 5. The summed E-state index contributed by atoms with van der Waals surface area (Å²) in [5.74, 6) is 2.48. The maximum Gasteiger partial charge on any atom is 0.268 e. The predicted octanol–water partition coefficient (Wildman–Crippen LogP) is 17.8. The molecule has 392 valence electrons. The normalized spacial score (nSPS) is 12.1. The number of rotatable bonds is 10. The molecule has 0 radical (unpaired) electrons. The van der Waals surface area contributed by atoms with Crippen molar-refractivity contribution in [2.24, 2.45) is 5.92 Å². The molecule has 4 aromatic heterocycles. The van der Waals surface area contributed by atoms with E-state index in [1.165, 1.54) is 44.1 Å². The molecule has 0 aliphatic carbocycles. The Balaban J connectivity index is 0.00000623. The minimum atomic E-state index is -0.0526. The Labute approximate surface area is 477 Å². The molecule has 0 amide bonds. The van der Waals surface area contributed by atoms with Crippen molar-refractivity contribution in [1.82, 2.24) is 18.7 Å². The van der Waals surface area contributed by atoms with E-state index in [1.54, 1.807) is 0 Å². The van der Waals surface area contributed by atoms with Crippen LogP contribution in [-0.2, 0) is 38.3 Å². The molecule has 0 fully saturated rings. The van der Waals surface area contributed by atoms with Gasteiger partial charge in [-0.3, -0.25) is 4.57 Å². The van der Waals surface area contributed by atoms with Crippen LogP contribution in [0.3, 0.4) is 0 Å². The Morgan fingerprint density at radius 2 is 1.14 bits per heavy atom. The van der Waals surface area contributed by atoms with E-state index in [4.69, 9.17) is 9.72 Å². The Bertz CT molecular complexity index is 4360. The van der Waals surface area contributed by atoms with Gasteiger partial charge in [0, 0.05) is 60.7 Å². The first-order valence-corrected chi connectivity index (χ1v) is 27.2. The minimum Gasteiger partial charge on any atom is -0.510 e. The van der Waals surface area contributed by atoms with E-state index in [0.29, 0.717) is 17.4 Å². The van der Waals surface area contributed by atoms with Crippen molar-refractivity contribution in [2.45, 2.75) is 72.6 Å². The molecule has 0 aliphatic rings. The number of hydrogen-bond donors (Lipinski definition) is 0. The second-order valence-corrected chi connectivity index (χ2v) is 23.2. The van der Waals surface area contributed by atoms with Crippen LogP contribution in [0.15, 0.2) is 206 Å². The maximum absolute atomic E-state index is 6.84. The zero-order valence-electron chi connectivity index (χ0n) is 45.9. The van der Waals surface area contributed by atoms with Crippen LogP contribution in [0.5, 0.6) is 11.5 Å².